The number of hydrogen-bond acceptors (Lipinski definition) is 3. The zero-order chi connectivity index (χ0) is 11.4. The number of nitrogens with zero attached hydrogens (tertiary/aromatic N) is 2. The summed E-state index contributed by atoms with van der Waals surface area (Å²) >= 11 is 0. The van der Waals surface area contributed by atoms with Crippen LogP contribution in [0.5, 0.6) is 0 Å². The molecule has 0 fully saturated rings. The number of nitrogens with one attached hydrogen (secondary N) is 1. The van der Waals surface area contributed by atoms with E-state index >= 15 is 0 Å². The molecule has 0 aliphatic rings. The Kier molecular flexibility index (Phi) is 3.95. The fourth-order valence-corrected chi connectivity index (χ4v) is 1.41. The van der Waals surface area contributed by atoms with Gasteiger partial charge in [-0.1, -0.05) is 19.9 Å². The van der Waals surface area contributed by atoms with E-state index < -0.39 is 0 Å². The average molecular weight is 207 g/mol. The van der Waals surface area contributed by atoms with E-state index in [1.165, 1.54) is 0 Å². The summed E-state index contributed by atoms with van der Waals surface area (Å²) in [7, 11) is 3.98. The second-order valence-corrected chi connectivity index (χ2v) is 4.23. The quantitative estimate of drug-likeness (QED) is 0.822. The van der Waals surface area contributed by atoms with Crippen molar-refractivity contribution in [3.05, 3.63) is 18.2 Å². The molecule has 0 aliphatic heterocycles. The lowest BCUT2D eigenvalue weighted by molar-refractivity contribution is 0.503. The maximum absolute atomic E-state index is 4.51. The average Bonchev–Trinajstić information content (AvgIpc) is 2.27. The molecule has 1 rings (SSSR count). The highest BCUT2D eigenvalue weighted by Crippen LogP contribution is 2.18. The first-order chi connectivity index (χ1) is 7.06. The normalized spacial score (nSPS) is 12.7. The molecule has 0 aromatic carbocycles. The van der Waals surface area contributed by atoms with Gasteiger partial charge in [-0.15, -0.1) is 0 Å². The minimum absolute atomic E-state index is 0.490. The largest absolute Gasteiger partial charge is 0.373 e. The maximum atomic E-state index is 4.51. The van der Waals surface area contributed by atoms with E-state index in [0.29, 0.717) is 12.0 Å². The smallest absolute Gasteiger partial charge is 0.130 e. The highest BCUT2D eigenvalue weighted by molar-refractivity contribution is 5.46. The van der Waals surface area contributed by atoms with Gasteiger partial charge < -0.3 is 10.2 Å². The predicted molar refractivity (Wildman–Crippen MR) is 66.5 cm³/mol. The Hall–Kier alpha value is -1.25. The highest BCUT2D eigenvalue weighted by Gasteiger charge is 2.14. The topological polar surface area (TPSA) is 28.2 Å². The second-order valence-electron chi connectivity index (χ2n) is 4.23. The molecule has 1 heterocycles. The highest BCUT2D eigenvalue weighted by atomic mass is 15.2. The fourth-order valence-electron chi connectivity index (χ4n) is 1.41. The van der Waals surface area contributed by atoms with Crippen molar-refractivity contribution < 1.29 is 0 Å². The number of hydrogen-bond donors (Lipinski definition) is 1. The van der Waals surface area contributed by atoms with Gasteiger partial charge in [-0.25, -0.2) is 4.98 Å². The van der Waals surface area contributed by atoms with Gasteiger partial charge in [0.05, 0.1) is 0 Å². The van der Waals surface area contributed by atoms with Crippen LogP contribution in [0.3, 0.4) is 0 Å². The van der Waals surface area contributed by atoms with E-state index in [4.69, 9.17) is 0 Å². The molecule has 1 aromatic heterocycles. The Labute approximate surface area is 92.5 Å². The Morgan fingerprint density at radius 2 is 1.93 bits per heavy atom. The molecule has 0 spiro atoms. The fraction of sp³-hybridized carbons (Fsp3) is 0.583. The molecule has 0 aliphatic carbocycles. The minimum Gasteiger partial charge on any atom is -0.373 e. The summed E-state index contributed by atoms with van der Waals surface area (Å²) in [6.45, 7) is 6.67. The molecule has 15 heavy (non-hydrogen) atoms. The van der Waals surface area contributed by atoms with Crippen molar-refractivity contribution in [3.63, 3.8) is 0 Å². The maximum Gasteiger partial charge on any atom is 0.130 e. The van der Waals surface area contributed by atoms with Gasteiger partial charge in [-0.3, -0.25) is 0 Å². The molecule has 0 radical (unpaired) electrons. The number of rotatable bonds is 4. The zero-order valence-electron chi connectivity index (χ0n) is 10.3. The van der Waals surface area contributed by atoms with Crippen molar-refractivity contribution >= 4 is 11.6 Å². The molecule has 3 heteroatoms. The van der Waals surface area contributed by atoms with Crippen LogP contribution in [0.15, 0.2) is 18.2 Å². The van der Waals surface area contributed by atoms with Gasteiger partial charge in [0.1, 0.15) is 11.6 Å². The van der Waals surface area contributed by atoms with Crippen LogP contribution in [0.4, 0.5) is 11.6 Å². The van der Waals surface area contributed by atoms with Gasteiger partial charge >= 0.3 is 0 Å². The van der Waals surface area contributed by atoms with Crippen LogP contribution in [0, 0.1) is 5.92 Å². The number of anilines is 2. The summed E-state index contributed by atoms with van der Waals surface area (Å²) in [6.07, 6.45) is 0. The molecule has 1 unspecified atom stereocenters. The summed E-state index contributed by atoms with van der Waals surface area (Å²) in [5.41, 5.74) is 0. The van der Waals surface area contributed by atoms with Crippen LogP contribution in [0.1, 0.15) is 20.8 Å². The van der Waals surface area contributed by atoms with Crippen LogP contribution < -0.4 is 10.2 Å². The summed E-state index contributed by atoms with van der Waals surface area (Å²) in [6, 6.07) is 6.53. The lowest BCUT2D eigenvalue weighted by Crippen LogP contribution is -2.33. The molecule has 0 amide bonds. The van der Waals surface area contributed by atoms with Crippen molar-refractivity contribution in [3.8, 4) is 0 Å². The molecule has 84 valence electrons. The number of aromatic nitrogens is 1. The Bertz CT molecular complexity index is 309. The van der Waals surface area contributed by atoms with E-state index in [0.717, 1.165) is 11.6 Å². The van der Waals surface area contributed by atoms with Crippen molar-refractivity contribution in [1.82, 2.24) is 4.98 Å². The third-order valence-electron chi connectivity index (χ3n) is 2.93. The molecule has 0 saturated heterocycles. The van der Waals surface area contributed by atoms with Crippen molar-refractivity contribution in [2.24, 2.45) is 5.92 Å². The summed E-state index contributed by atoms with van der Waals surface area (Å²) < 4.78 is 0. The van der Waals surface area contributed by atoms with Gasteiger partial charge in [0, 0.05) is 20.1 Å². The summed E-state index contributed by atoms with van der Waals surface area (Å²) in [5, 5.41) is 3.05. The van der Waals surface area contributed by atoms with E-state index in [1.54, 1.807) is 0 Å². The van der Waals surface area contributed by atoms with Crippen LogP contribution in [-0.4, -0.2) is 25.1 Å². The summed E-state index contributed by atoms with van der Waals surface area (Å²) in [5.74, 6) is 2.55. The third-order valence-corrected chi connectivity index (χ3v) is 2.93. The molecule has 1 atom stereocenters. The molecule has 0 saturated carbocycles. The van der Waals surface area contributed by atoms with E-state index in [2.05, 4.69) is 43.0 Å². The van der Waals surface area contributed by atoms with E-state index in [1.807, 2.05) is 25.2 Å². The zero-order valence-corrected chi connectivity index (χ0v) is 10.3. The van der Waals surface area contributed by atoms with Gasteiger partial charge in [0.2, 0.25) is 0 Å². The third kappa shape index (κ3) is 2.85. The Morgan fingerprint density at radius 1 is 1.27 bits per heavy atom. The Morgan fingerprint density at radius 3 is 2.47 bits per heavy atom. The van der Waals surface area contributed by atoms with Crippen LogP contribution in [-0.2, 0) is 0 Å². The van der Waals surface area contributed by atoms with Crippen molar-refractivity contribution in [1.29, 1.82) is 0 Å². The summed E-state index contributed by atoms with van der Waals surface area (Å²) in [4.78, 5) is 6.72. The van der Waals surface area contributed by atoms with E-state index in [9.17, 15) is 0 Å². The van der Waals surface area contributed by atoms with Crippen molar-refractivity contribution in [2.45, 2.75) is 26.8 Å². The van der Waals surface area contributed by atoms with Crippen LogP contribution in [0.25, 0.3) is 0 Å². The SMILES string of the molecule is CNc1cccc(N(C)C(C)C(C)C)n1. The number of pyridine rings is 1. The van der Waals surface area contributed by atoms with Gasteiger partial charge in [0.25, 0.3) is 0 Å². The molecule has 1 N–H and O–H groups in total. The van der Waals surface area contributed by atoms with Gasteiger partial charge in [0.15, 0.2) is 0 Å². The van der Waals surface area contributed by atoms with Crippen LogP contribution in [0.2, 0.25) is 0 Å². The van der Waals surface area contributed by atoms with Crippen LogP contribution >= 0.6 is 0 Å². The van der Waals surface area contributed by atoms with E-state index in [-0.39, 0.29) is 0 Å². The van der Waals surface area contributed by atoms with Crippen molar-refractivity contribution in [2.75, 3.05) is 24.3 Å². The first kappa shape index (κ1) is 11.8. The first-order valence-electron chi connectivity index (χ1n) is 5.44. The Balaban J connectivity index is 2.85. The lowest BCUT2D eigenvalue weighted by Gasteiger charge is -2.29. The second kappa shape index (κ2) is 5.01. The minimum atomic E-state index is 0.490. The standard InChI is InChI=1S/C12H21N3/c1-9(2)10(3)15(5)12-8-6-7-11(13-4)14-12/h6-10H,1-5H3,(H,13,14). The molecule has 0 bridgehead atoms. The molecular weight excluding hydrogens is 186 g/mol. The monoisotopic (exact) mass is 207 g/mol. The van der Waals surface area contributed by atoms with Gasteiger partial charge in [-0.05, 0) is 25.0 Å². The molecule has 1 aromatic rings. The predicted octanol–water partition coefficient (Wildman–Crippen LogP) is 2.60. The van der Waals surface area contributed by atoms with Gasteiger partial charge in [-0.2, -0.15) is 0 Å². The molecular formula is C12H21N3. The first-order valence-corrected chi connectivity index (χ1v) is 5.44. The lowest BCUT2D eigenvalue weighted by atomic mass is 10.1. The molecule has 3 nitrogen and oxygen atoms in total.